The summed E-state index contributed by atoms with van der Waals surface area (Å²) in [5, 5.41) is 6.51. The zero-order chi connectivity index (χ0) is 14.9. The van der Waals surface area contributed by atoms with Crippen LogP contribution in [0.4, 0.5) is 0 Å². The molecule has 114 valence electrons. The van der Waals surface area contributed by atoms with E-state index in [1.54, 1.807) is 13.3 Å². The summed E-state index contributed by atoms with van der Waals surface area (Å²) in [6.45, 7) is 4.57. The molecular formula is C15H23N5O. The zero-order valence-electron chi connectivity index (χ0n) is 12.7. The fourth-order valence-corrected chi connectivity index (χ4v) is 2.06. The van der Waals surface area contributed by atoms with E-state index >= 15 is 0 Å². The number of aromatic nitrogens is 2. The number of aliphatic imine (C=N–C) groups is 1. The molecular weight excluding hydrogens is 266 g/mol. The van der Waals surface area contributed by atoms with E-state index in [1.807, 2.05) is 31.5 Å². The highest BCUT2D eigenvalue weighted by atomic mass is 16.3. The highest BCUT2D eigenvalue weighted by Gasteiger charge is 2.00. The van der Waals surface area contributed by atoms with E-state index in [4.69, 9.17) is 4.42 Å². The molecule has 2 N–H and O–H groups in total. The van der Waals surface area contributed by atoms with Gasteiger partial charge in [-0.15, -0.1) is 0 Å². The summed E-state index contributed by atoms with van der Waals surface area (Å²) in [7, 11) is 1.77. The first-order valence-electron chi connectivity index (χ1n) is 7.24. The van der Waals surface area contributed by atoms with Gasteiger partial charge in [0.25, 0.3) is 0 Å². The Morgan fingerprint density at radius 2 is 2.29 bits per heavy atom. The van der Waals surface area contributed by atoms with Crippen molar-refractivity contribution < 1.29 is 4.42 Å². The minimum atomic E-state index is 0.640. The minimum Gasteiger partial charge on any atom is -0.467 e. The van der Waals surface area contributed by atoms with Gasteiger partial charge < -0.3 is 19.6 Å². The van der Waals surface area contributed by atoms with Gasteiger partial charge in [-0.1, -0.05) is 0 Å². The van der Waals surface area contributed by atoms with Gasteiger partial charge in [-0.05, 0) is 31.9 Å². The third-order valence-electron chi connectivity index (χ3n) is 3.28. The molecule has 0 saturated heterocycles. The molecule has 6 nitrogen and oxygen atoms in total. The first kappa shape index (κ1) is 15.2. The Morgan fingerprint density at radius 1 is 1.38 bits per heavy atom. The Morgan fingerprint density at radius 3 is 2.95 bits per heavy atom. The molecule has 2 rings (SSSR count). The predicted molar refractivity (Wildman–Crippen MR) is 83.1 cm³/mol. The molecule has 6 heteroatoms. The first-order valence-corrected chi connectivity index (χ1v) is 7.24. The molecule has 2 heterocycles. The largest absolute Gasteiger partial charge is 0.467 e. The topological polar surface area (TPSA) is 67.4 Å². The summed E-state index contributed by atoms with van der Waals surface area (Å²) in [5.74, 6) is 2.76. The molecule has 2 aromatic rings. The summed E-state index contributed by atoms with van der Waals surface area (Å²) in [4.78, 5) is 8.40. The lowest BCUT2D eigenvalue weighted by Gasteiger charge is -2.11. The Bertz CT molecular complexity index is 544. The molecule has 0 aliphatic carbocycles. The van der Waals surface area contributed by atoms with Crippen LogP contribution < -0.4 is 10.6 Å². The lowest BCUT2D eigenvalue weighted by molar-refractivity contribution is 0.501. The molecule has 0 saturated carbocycles. The van der Waals surface area contributed by atoms with Crippen LogP contribution in [0, 0.1) is 6.92 Å². The third-order valence-corrected chi connectivity index (χ3v) is 3.28. The smallest absolute Gasteiger partial charge is 0.191 e. The van der Waals surface area contributed by atoms with Gasteiger partial charge in [-0.2, -0.15) is 0 Å². The Hall–Kier alpha value is -2.24. The average Bonchev–Trinajstić information content (AvgIpc) is 3.14. The molecule has 0 bridgehead atoms. The zero-order valence-corrected chi connectivity index (χ0v) is 12.7. The van der Waals surface area contributed by atoms with E-state index in [0.29, 0.717) is 6.54 Å². The summed E-state index contributed by atoms with van der Waals surface area (Å²) in [6.07, 6.45) is 7.73. The Balaban J connectivity index is 1.59. The van der Waals surface area contributed by atoms with Crippen LogP contribution in [0.3, 0.4) is 0 Å². The van der Waals surface area contributed by atoms with Gasteiger partial charge in [0.2, 0.25) is 0 Å². The van der Waals surface area contributed by atoms with Crippen molar-refractivity contribution in [1.29, 1.82) is 0 Å². The van der Waals surface area contributed by atoms with Crippen molar-refractivity contribution in [3.8, 4) is 0 Å². The minimum absolute atomic E-state index is 0.640. The Labute approximate surface area is 125 Å². The van der Waals surface area contributed by atoms with Crippen LogP contribution >= 0.6 is 0 Å². The van der Waals surface area contributed by atoms with E-state index in [-0.39, 0.29) is 0 Å². The van der Waals surface area contributed by atoms with Gasteiger partial charge in [-0.25, -0.2) is 4.98 Å². The lowest BCUT2D eigenvalue weighted by Crippen LogP contribution is -2.37. The molecule has 0 atom stereocenters. The Kier molecular flexibility index (Phi) is 5.87. The number of unbranched alkanes of at least 4 members (excludes halogenated alkanes) is 1. The predicted octanol–water partition coefficient (Wildman–Crippen LogP) is 1.93. The van der Waals surface area contributed by atoms with E-state index < -0.39 is 0 Å². The van der Waals surface area contributed by atoms with Crippen LogP contribution in [0.15, 0.2) is 40.2 Å². The van der Waals surface area contributed by atoms with Crippen LogP contribution in [0.1, 0.15) is 24.4 Å². The molecule has 0 spiro atoms. The normalized spacial score (nSPS) is 11.6. The van der Waals surface area contributed by atoms with Gasteiger partial charge in [-0.3, -0.25) is 4.99 Å². The molecule has 21 heavy (non-hydrogen) atoms. The number of nitrogens with one attached hydrogen (secondary N) is 2. The maximum Gasteiger partial charge on any atom is 0.191 e. The van der Waals surface area contributed by atoms with E-state index in [1.165, 1.54) is 0 Å². The summed E-state index contributed by atoms with van der Waals surface area (Å²) < 4.78 is 7.44. The molecule has 0 aliphatic rings. The molecule has 0 radical (unpaired) electrons. The van der Waals surface area contributed by atoms with Crippen molar-refractivity contribution in [2.45, 2.75) is 32.9 Å². The number of guanidine groups is 1. The molecule has 0 aliphatic heterocycles. The SMILES string of the molecule is CN=C(NCCCCn1ccnc1C)NCc1ccco1. The second kappa shape index (κ2) is 8.14. The fraction of sp³-hybridized carbons (Fsp3) is 0.467. The maximum absolute atomic E-state index is 5.27. The summed E-state index contributed by atoms with van der Waals surface area (Å²) in [6, 6.07) is 3.82. The second-order valence-electron chi connectivity index (χ2n) is 4.81. The van der Waals surface area contributed by atoms with Gasteiger partial charge >= 0.3 is 0 Å². The molecule has 0 amide bonds. The maximum atomic E-state index is 5.27. The number of hydrogen-bond acceptors (Lipinski definition) is 3. The number of nitrogens with zero attached hydrogens (tertiary/aromatic N) is 3. The fourth-order valence-electron chi connectivity index (χ4n) is 2.06. The number of aryl methyl sites for hydroxylation is 2. The highest BCUT2D eigenvalue weighted by Crippen LogP contribution is 2.00. The van der Waals surface area contributed by atoms with E-state index in [2.05, 4.69) is 25.2 Å². The van der Waals surface area contributed by atoms with Crippen LogP contribution in [-0.4, -0.2) is 29.1 Å². The van der Waals surface area contributed by atoms with Crippen molar-refractivity contribution in [2.24, 2.45) is 4.99 Å². The van der Waals surface area contributed by atoms with E-state index in [0.717, 1.165) is 43.5 Å². The standard InChI is InChI=1S/C15H23N5O/c1-13-17-8-10-20(13)9-4-3-7-18-15(16-2)19-12-14-6-5-11-21-14/h5-6,8,10-11H,3-4,7,9,12H2,1-2H3,(H2,16,18,19). The number of furan rings is 1. The lowest BCUT2D eigenvalue weighted by atomic mass is 10.3. The first-order chi connectivity index (χ1) is 10.3. The number of hydrogen-bond donors (Lipinski definition) is 2. The monoisotopic (exact) mass is 289 g/mol. The summed E-state index contributed by atoms with van der Waals surface area (Å²) >= 11 is 0. The van der Waals surface area contributed by atoms with Crippen molar-refractivity contribution in [1.82, 2.24) is 20.2 Å². The van der Waals surface area contributed by atoms with Crippen LogP contribution in [0.2, 0.25) is 0 Å². The number of imidazole rings is 1. The van der Waals surface area contributed by atoms with Crippen molar-refractivity contribution in [2.75, 3.05) is 13.6 Å². The van der Waals surface area contributed by atoms with Crippen LogP contribution in [0.5, 0.6) is 0 Å². The van der Waals surface area contributed by atoms with Gasteiger partial charge in [0.15, 0.2) is 5.96 Å². The van der Waals surface area contributed by atoms with Crippen molar-refractivity contribution in [3.05, 3.63) is 42.4 Å². The molecule has 2 aromatic heterocycles. The van der Waals surface area contributed by atoms with Crippen LogP contribution in [-0.2, 0) is 13.1 Å². The highest BCUT2D eigenvalue weighted by molar-refractivity contribution is 5.79. The van der Waals surface area contributed by atoms with Crippen molar-refractivity contribution in [3.63, 3.8) is 0 Å². The van der Waals surface area contributed by atoms with Crippen molar-refractivity contribution >= 4 is 5.96 Å². The molecule has 0 fully saturated rings. The van der Waals surface area contributed by atoms with Crippen LogP contribution in [0.25, 0.3) is 0 Å². The van der Waals surface area contributed by atoms with Gasteiger partial charge in [0.1, 0.15) is 11.6 Å². The quantitative estimate of drug-likeness (QED) is 0.464. The third kappa shape index (κ3) is 4.98. The average molecular weight is 289 g/mol. The van der Waals surface area contributed by atoms with Gasteiger partial charge in [0.05, 0.1) is 12.8 Å². The second-order valence-corrected chi connectivity index (χ2v) is 4.81. The molecule has 0 aromatic carbocycles. The summed E-state index contributed by atoms with van der Waals surface area (Å²) in [5.41, 5.74) is 0. The molecule has 0 unspecified atom stereocenters. The van der Waals surface area contributed by atoms with Gasteiger partial charge in [0, 0.05) is 32.5 Å². The van der Waals surface area contributed by atoms with E-state index in [9.17, 15) is 0 Å². The number of rotatable bonds is 7.